The number of halogens is 1. The quantitative estimate of drug-likeness (QED) is 0.575. The lowest BCUT2D eigenvalue weighted by atomic mass is 9.96. The van der Waals surface area contributed by atoms with E-state index in [1.165, 1.54) is 7.11 Å². The first-order valence-electron chi connectivity index (χ1n) is 8.65. The minimum atomic E-state index is -0.643. The number of aryl methyl sites for hydroxylation is 2. The third kappa shape index (κ3) is 4.31. The molecular weight excluding hydrogens is 368 g/mol. The van der Waals surface area contributed by atoms with Gasteiger partial charge in [0.25, 0.3) is 0 Å². The van der Waals surface area contributed by atoms with Crippen LogP contribution in [0.2, 0.25) is 0 Å². The molecule has 1 aliphatic rings. The zero-order valence-electron chi connectivity index (χ0n) is 15.4. The van der Waals surface area contributed by atoms with Gasteiger partial charge in [-0.2, -0.15) is 0 Å². The number of ether oxygens (including phenoxy) is 3. The van der Waals surface area contributed by atoms with Crippen molar-refractivity contribution in [3.05, 3.63) is 70.3 Å². The molecule has 0 unspecified atom stereocenters. The Morgan fingerprint density at radius 1 is 1.04 bits per heavy atom. The first-order valence-corrected chi connectivity index (χ1v) is 9.08. The van der Waals surface area contributed by atoms with E-state index in [4.69, 9.17) is 25.8 Å². The average molecular weight is 389 g/mol. The molecule has 1 saturated heterocycles. The van der Waals surface area contributed by atoms with Gasteiger partial charge in [0.05, 0.1) is 18.2 Å². The molecule has 0 amide bonds. The summed E-state index contributed by atoms with van der Waals surface area (Å²) in [5, 5.41) is 0. The highest BCUT2D eigenvalue weighted by Crippen LogP contribution is 2.39. The molecule has 1 heterocycles. The number of hydrogen-bond acceptors (Lipinski definition) is 5. The van der Waals surface area contributed by atoms with E-state index in [0.29, 0.717) is 23.1 Å². The average Bonchev–Trinajstić information content (AvgIpc) is 3.01. The molecule has 142 valence electrons. The van der Waals surface area contributed by atoms with Crippen molar-refractivity contribution in [2.75, 3.05) is 7.11 Å². The highest BCUT2D eigenvalue weighted by atomic mass is 35.5. The van der Waals surface area contributed by atoms with Gasteiger partial charge in [0, 0.05) is 6.42 Å². The topological polar surface area (TPSA) is 61.8 Å². The number of rotatable bonds is 4. The summed E-state index contributed by atoms with van der Waals surface area (Å²) in [5.74, 6) is -0.929. The molecular formula is C21H21ClO5. The summed E-state index contributed by atoms with van der Waals surface area (Å²) < 4.78 is 16.3. The van der Waals surface area contributed by atoms with Crippen LogP contribution in [-0.4, -0.2) is 30.7 Å². The van der Waals surface area contributed by atoms with Crippen LogP contribution in [0.15, 0.2) is 42.5 Å². The summed E-state index contributed by atoms with van der Waals surface area (Å²) in [4.78, 5) is 24.7. The highest BCUT2D eigenvalue weighted by molar-refractivity contribution is 6.19. The molecule has 3 atom stereocenters. The second-order valence-electron chi connectivity index (χ2n) is 6.59. The molecule has 1 aliphatic heterocycles. The summed E-state index contributed by atoms with van der Waals surface area (Å²) in [6, 6.07) is 12.5. The number of alkyl halides is 1. The van der Waals surface area contributed by atoms with Gasteiger partial charge in [0.2, 0.25) is 0 Å². The zero-order valence-corrected chi connectivity index (χ0v) is 16.2. The Hall–Kier alpha value is -2.37. The standard InChI is InChI=1S/C21H21ClO5/c1-12-4-7-14(8-5-12)20(23)26-17-11-18(22)27-19(17)16-10-13(2)6-9-15(16)21(24)25-3/h4-10,17-19H,11H2,1-3H3/t17-,18+,19-/m1/s1. The lowest BCUT2D eigenvalue weighted by Gasteiger charge is -2.21. The van der Waals surface area contributed by atoms with Gasteiger partial charge >= 0.3 is 11.9 Å². The molecule has 0 aromatic heterocycles. The van der Waals surface area contributed by atoms with E-state index in [1.807, 2.05) is 38.1 Å². The Labute approximate surface area is 163 Å². The third-order valence-electron chi connectivity index (χ3n) is 4.51. The fraction of sp³-hybridized carbons (Fsp3) is 0.333. The van der Waals surface area contributed by atoms with Gasteiger partial charge in [-0.3, -0.25) is 0 Å². The number of esters is 2. The fourth-order valence-electron chi connectivity index (χ4n) is 3.10. The second-order valence-corrected chi connectivity index (χ2v) is 7.08. The highest BCUT2D eigenvalue weighted by Gasteiger charge is 2.40. The summed E-state index contributed by atoms with van der Waals surface area (Å²) in [6.45, 7) is 3.85. The Balaban J connectivity index is 1.88. The molecule has 0 N–H and O–H groups in total. The van der Waals surface area contributed by atoms with E-state index < -0.39 is 29.7 Å². The number of methoxy groups -OCH3 is 1. The SMILES string of the molecule is COC(=O)c1ccc(C)cc1[C@H]1O[C@H](Cl)C[C@H]1OC(=O)c1ccc(C)cc1. The van der Waals surface area contributed by atoms with Crippen LogP contribution in [0.25, 0.3) is 0 Å². The molecule has 0 bridgehead atoms. The lowest BCUT2D eigenvalue weighted by molar-refractivity contribution is -0.00374. The van der Waals surface area contributed by atoms with Crippen LogP contribution < -0.4 is 0 Å². The number of hydrogen-bond donors (Lipinski definition) is 0. The van der Waals surface area contributed by atoms with Gasteiger partial charge in [0.1, 0.15) is 17.8 Å². The summed E-state index contributed by atoms with van der Waals surface area (Å²) in [7, 11) is 1.32. The lowest BCUT2D eigenvalue weighted by Crippen LogP contribution is -2.23. The van der Waals surface area contributed by atoms with Crippen molar-refractivity contribution in [2.45, 2.75) is 38.0 Å². The van der Waals surface area contributed by atoms with E-state index in [1.54, 1.807) is 18.2 Å². The molecule has 6 heteroatoms. The van der Waals surface area contributed by atoms with Crippen LogP contribution in [0.1, 0.15) is 49.9 Å². The van der Waals surface area contributed by atoms with Crippen molar-refractivity contribution < 1.29 is 23.8 Å². The number of benzene rings is 2. The minimum absolute atomic E-state index is 0.332. The maximum atomic E-state index is 12.5. The molecule has 1 fully saturated rings. The van der Waals surface area contributed by atoms with Crippen LogP contribution in [0.4, 0.5) is 0 Å². The van der Waals surface area contributed by atoms with E-state index in [2.05, 4.69) is 0 Å². The molecule has 2 aromatic rings. The molecule has 0 spiro atoms. The smallest absolute Gasteiger partial charge is 0.338 e. The molecule has 5 nitrogen and oxygen atoms in total. The van der Waals surface area contributed by atoms with Crippen molar-refractivity contribution in [3.8, 4) is 0 Å². The Kier molecular flexibility index (Phi) is 5.82. The van der Waals surface area contributed by atoms with Crippen LogP contribution in [0.5, 0.6) is 0 Å². The number of carbonyl (C=O) groups is 2. The predicted molar refractivity (Wildman–Crippen MR) is 101 cm³/mol. The van der Waals surface area contributed by atoms with Crippen LogP contribution in [0, 0.1) is 13.8 Å². The fourth-order valence-corrected chi connectivity index (χ4v) is 3.39. The summed E-state index contributed by atoms with van der Waals surface area (Å²) >= 11 is 6.18. The van der Waals surface area contributed by atoms with Crippen molar-refractivity contribution in [3.63, 3.8) is 0 Å². The van der Waals surface area contributed by atoms with Gasteiger partial charge in [-0.15, -0.1) is 0 Å². The molecule has 0 saturated carbocycles. The summed E-state index contributed by atoms with van der Waals surface area (Å²) in [6.07, 6.45) is -0.916. The second kappa shape index (κ2) is 8.11. The molecule has 2 aromatic carbocycles. The van der Waals surface area contributed by atoms with E-state index in [0.717, 1.165) is 11.1 Å². The number of carbonyl (C=O) groups excluding carboxylic acids is 2. The molecule has 3 rings (SSSR count). The van der Waals surface area contributed by atoms with Crippen molar-refractivity contribution in [1.29, 1.82) is 0 Å². The predicted octanol–water partition coefficient (Wildman–Crippen LogP) is 4.34. The molecule has 0 aliphatic carbocycles. The monoisotopic (exact) mass is 388 g/mol. The Morgan fingerprint density at radius 3 is 2.37 bits per heavy atom. The first-order chi connectivity index (χ1) is 12.9. The van der Waals surface area contributed by atoms with Crippen LogP contribution in [0.3, 0.4) is 0 Å². The van der Waals surface area contributed by atoms with Crippen molar-refractivity contribution in [2.24, 2.45) is 0 Å². The normalized spacial score (nSPS) is 21.7. The van der Waals surface area contributed by atoms with E-state index in [-0.39, 0.29) is 0 Å². The van der Waals surface area contributed by atoms with Gasteiger partial charge in [-0.1, -0.05) is 47.0 Å². The van der Waals surface area contributed by atoms with Crippen molar-refractivity contribution in [1.82, 2.24) is 0 Å². The van der Waals surface area contributed by atoms with E-state index in [9.17, 15) is 9.59 Å². The molecule has 0 radical (unpaired) electrons. The zero-order chi connectivity index (χ0) is 19.6. The minimum Gasteiger partial charge on any atom is -0.465 e. The van der Waals surface area contributed by atoms with Crippen LogP contribution in [-0.2, 0) is 14.2 Å². The Morgan fingerprint density at radius 2 is 1.70 bits per heavy atom. The first kappa shape index (κ1) is 19.4. The third-order valence-corrected chi connectivity index (χ3v) is 4.80. The largest absolute Gasteiger partial charge is 0.465 e. The van der Waals surface area contributed by atoms with Crippen LogP contribution >= 0.6 is 11.6 Å². The molecule has 27 heavy (non-hydrogen) atoms. The van der Waals surface area contributed by atoms with Gasteiger partial charge in [0.15, 0.2) is 0 Å². The maximum Gasteiger partial charge on any atom is 0.338 e. The van der Waals surface area contributed by atoms with Gasteiger partial charge in [-0.05, 0) is 37.6 Å². The maximum absolute atomic E-state index is 12.5. The van der Waals surface area contributed by atoms with Gasteiger partial charge in [-0.25, -0.2) is 9.59 Å². The summed E-state index contributed by atoms with van der Waals surface area (Å²) in [5.41, 5.74) is 2.81. The van der Waals surface area contributed by atoms with E-state index >= 15 is 0 Å². The van der Waals surface area contributed by atoms with Crippen molar-refractivity contribution >= 4 is 23.5 Å². The Bertz CT molecular complexity index is 846. The van der Waals surface area contributed by atoms with Gasteiger partial charge < -0.3 is 14.2 Å².